The van der Waals surface area contributed by atoms with E-state index in [0.717, 1.165) is 10.6 Å². The highest BCUT2D eigenvalue weighted by atomic mass is 35.5. The summed E-state index contributed by atoms with van der Waals surface area (Å²) in [5.41, 5.74) is -2.87. The number of nitrogens with one attached hydrogen (secondary N) is 2. The van der Waals surface area contributed by atoms with Crippen molar-refractivity contribution in [3.8, 4) is 5.75 Å². The second-order valence-electron chi connectivity index (χ2n) is 8.91. The first kappa shape index (κ1) is 28.1. The number of carbonyl (C=O) groups excluding carboxylic acids is 1. The number of para-hydroxylation sites is 1. The Bertz CT molecular complexity index is 1220. The van der Waals surface area contributed by atoms with Gasteiger partial charge in [0, 0.05) is 12.3 Å². The molecule has 1 aromatic carbocycles. The van der Waals surface area contributed by atoms with Gasteiger partial charge in [-0.1, -0.05) is 18.2 Å². The molecule has 1 fully saturated rings. The molecule has 0 radical (unpaired) electrons. The predicted molar refractivity (Wildman–Crippen MR) is 130 cm³/mol. The van der Waals surface area contributed by atoms with E-state index in [-0.39, 0.29) is 5.75 Å². The quantitative estimate of drug-likeness (QED) is 0.229. The fourth-order valence-electron chi connectivity index (χ4n) is 3.32. The Kier molecular flexibility index (Phi) is 8.81. The van der Waals surface area contributed by atoms with E-state index in [1.807, 2.05) is 0 Å². The Morgan fingerprint density at radius 3 is 2.56 bits per heavy atom. The molecule has 0 spiro atoms. The molecule has 1 saturated heterocycles. The maximum absolute atomic E-state index is 13.7. The van der Waals surface area contributed by atoms with Gasteiger partial charge in [0.1, 0.15) is 28.9 Å². The number of alkyl halides is 1. The number of nitrogens with zero attached hydrogens (tertiary/aromatic N) is 1. The molecule has 2 aromatic rings. The molecule has 1 aliphatic rings. The number of aromatic nitrogens is 2. The molecule has 2 heterocycles. The van der Waals surface area contributed by atoms with Crippen LogP contribution < -0.4 is 20.9 Å². The zero-order chi connectivity index (χ0) is 26.7. The third-order valence-corrected chi connectivity index (χ3v) is 7.31. The summed E-state index contributed by atoms with van der Waals surface area (Å²) < 4.78 is 36.9. The number of aliphatic hydroxyl groups is 1. The van der Waals surface area contributed by atoms with E-state index in [1.54, 1.807) is 44.2 Å². The molecule has 0 bridgehead atoms. The summed E-state index contributed by atoms with van der Waals surface area (Å²) in [6.45, 7) is 5.78. The second-order valence-corrected chi connectivity index (χ2v) is 11.1. The minimum Gasteiger partial charge on any atom is -0.462 e. The molecule has 1 aliphatic heterocycles. The molecule has 12 nitrogen and oxygen atoms in total. The predicted octanol–water partition coefficient (Wildman–Crippen LogP) is 1.93. The third kappa shape index (κ3) is 6.84. The average molecular weight is 546 g/mol. The highest BCUT2D eigenvalue weighted by molar-refractivity contribution is 7.52. The number of carbonyl (C=O) groups is 1. The fraction of sp³-hybridized carbons (Fsp3) is 0.500. The minimum atomic E-state index is -4.27. The van der Waals surface area contributed by atoms with Crippen LogP contribution in [0.25, 0.3) is 0 Å². The summed E-state index contributed by atoms with van der Waals surface area (Å²) in [7, 11) is -4.27. The Balaban J connectivity index is 1.80. The highest BCUT2D eigenvalue weighted by Crippen LogP contribution is 2.47. The zero-order valence-electron chi connectivity index (χ0n) is 20.1. The Labute approximate surface area is 212 Å². The van der Waals surface area contributed by atoms with Crippen molar-refractivity contribution in [2.24, 2.45) is 0 Å². The maximum atomic E-state index is 13.7. The summed E-state index contributed by atoms with van der Waals surface area (Å²) in [4.78, 5) is 38.1. The standard InChI is InChI=1S/C22H29ClN3O9P/c1-13(2)33-20(29)22(3,4)25-36(31,35-14-8-6-5-7-9-14)32-12-15-18(28)17(23)19(34-15)26-11-10-16(27)24-21(26)30/h5-11,13,15,17-19,28H,12H2,1-4H3,(H,25,31)(H,24,27,30)/t15-,17+,18-,19-,36?/m1/s1. The highest BCUT2D eigenvalue weighted by Gasteiger charge is 2.47. The third-order valence-electron chi connectivity index (χ3n) is 5.07. The first-order valence-corrected chi connectivity index (χ1v) is 13.1. The maximum Gasteiger partial charge on any atom is 0.459 e. The van der Waals surface area contributed by atoms with E-state index in [4.69, 9.17) is 30.1 Å². The number of rotatable bonds is 10. The lowest BCUT2D eigenvalue weighted by molar-refractivity contribution is -0.153. The number of H-pyrrole nitrogens is 1. The van der Waals surface area contributed by atoms with E-state index < -0.39 is 67.0 Å². The molecule has 3 rings (SSSR count). The summed E-state index contributed by atoms with van der Waals surface area (Å²) in [6, 6.07) is 9.25. The van der Waals surface area contributed by atoms with Crippen LogP contribution in [0.5, 0.6) is 5.75 Å². The van der Waals surface area contributed by atoms with E-state index in [9.17, 15) is 24.1 Å². The van der Waals surface area contributed by atoms with Crippen LogP contribution in [0, 0.1) is 0 Å². The van der Waals surface area contributed by atoms with Crippen molar-refractivity contribution in [2.45, 2.75) is 63.2 Å². The largest absolute Gasteiger partial charge is 0.462 e. The van der Waals surface area contributed by atoms with Gasteiger partial charge in [0.15, 0.2) is 6.23 Å². The summed E-state index contributed by atoms with van der Waals surface area (Å²) in [6.07, 6.45) is -2.83. The van der Waals surface area contributed by atoms with E-state index >= 15 is 0 Å². The number of esters is 1. The van der Waals surface area contributed by atoms with Gasteiger partial charge >= 0.3 is 19.4 Å². The van der Waals surface area contributed by atoms with Gasteiger partial charge in [0.25, 0.3) is 5.56 Å². The fourth-order valence-corrected chi connectivity index (χ4v) is 5.34. The monoisotopic (exact) mass is 545 g/mol. The molecule has 0 aliphatic carbocycles. The number of hydrogen-bond acceptors (Lipinski definition) is 9. The summed E-state index contributed by atoms with van der Waals surface area (Å²) in [5.74, 6) is -0.490. The van der Waals surface area contributed by atoms with Crippen molar-refractivity contribution < 1.29 is 33.0 Å². The van der Waals surface area contributed by atoms with Crippen LogP contribution in [0.3, 0.4) is 0 Å². The van der Waals surface area contributed by atoms with Crippen LogP contribution in [0.15, 0.2) is 52.2 Å². The molecule has 1 aromatic heterocycles. The summed E-state index contributed by atoms with van der Waals surface area (Å²) >= 11 is 6.29. The number of benzene rings is 1. The van der Waals surface area contributed by atoms with Crippen molar-refractivity contribution >= 4 is 25.3 Å². The normalized spacial score (nSPS) is 23.9. The van der Waals surface area contributed by atoms with Gasteiger partial charge in [-0.15, -0.1) is 11.6 Å². The number of aromatic amines is 1. The van der Waals surface area contributed by atoms with Gasteiger partial charge in [-0.25, -0.2) is 9.36 Å². The van der Waals surface area contributed by atoms with E-state index in [2.05, 4.69) is 10.1 Å². The minimum absolute atomic E-state index is 0.196. The number of ether oxygens (including phenoxy) is 2. The molecule has 3 N–H and O–H groups in total. The van der Waals surface area contributed by atoms with Crippen LogP contribution in [-0.4, -0.2) is 56.5 Å². The van der Waals surface area contributed by atoms with Crippen LogP contribution in [0.2, 0.25) is 0 Å². The molecule has 14 heteroatoms. The van der Waals surface area contributed by atoms with Crippen LogP contribution in [-0.2, 0) is 23.4 Å². The lowest BCUT2D eigenvalue weighted by atomic mass is 10.1. The van der Waals surface area contributed by atoms with Gasteiger partial charge in [0.05, 0.1) is 12.7 Å². The number of hydrogen-bond donors (Lipinski definition) is 3. The smallest absolute Gasteiger partial charge is 0.459 e. The molecule has 1 unspecified atom stereocenters. The lowest BCUT2D eigenvalue weighted by Gasteiger charge is -2.30. The molecule has 198 valence electrons. The van der Waals surface area contributed by atoms with E-state index in [1.165, 1.54) is 20.0 Å². The van der Waals surface area contributed by atoms with Gasteiger partial charge in [-0.3, -0.25) is 23.7 Å². The Hall–Kier alpha value is -2.47. The van der Waals surface area contributed by atoms with Crippen molar-refractivity contribution in [3.05, 3.63) is 63.4 Å². The SMILES string of the molecule is CC(C)OC(=O)C(C)(C)NP(=O)(OC[C@H]1O[C@@H](n2ccc(=O)[nH]c2=O)[C@@H](Cl)[C@@H]1O)Oc1ccccc1. The zero-order valence-corrected chi connectivity index (χ0v) is 21.8. The van der Waals surface area contributed by atoms with Crippen molar-refractivity contribution in [1.82, 2.24) is 14.6 Å². The first-order valence-electron chi connectivity index (χ1n) is 11.1. The van der Waals surface area contributed by atoms with Crippen molar-refractivity contribution in [2.75, 3.05) is 6.61 Å². The Morgan fingerprint density at radius 2 is 1.94 bits per heavy atom. The molecule has 0 saturated carbocycles. The topological polar surface area (TPSA) is 158 Å². The number of halogens is 1. The van der Waals surface area contributed by atoms with Crippen LogP contribution >= 0.6 is 19.3 Å². The molecular weight excluding hydrogens is 517 g/mol. The molecule has 5 atom stereocenters. The molecule has 36 heavy (non-hydrogen) atoms. The van der Waals surface area contributed by atoms with E-state index in [0.29, 0.717) is 0 Å². The average Bonchev–Trinajstić information content (AvgIpc) is 3.06. The van der Waals surface area contributed by atoms with Gasteiger partial charge in [-0.05, 0) is 39.8 Å². The Morgan fingerprint density at radius 1 is 1.28 bits per heavy atom. The van der Waals surface area contributed by atoms with Crippen molar-refractivity contribution in [3.63, 3.8) is 0 Å². The first-order chi connectivity index (χ1) is 16.8. The molecular formula is C22H29ClN3O9P. The molecule has 0 amide bonds. The number of aliphatic hydroxyl groups excluding tert-OH is 1. The van der Waals surface area contributed by atoms with Crippen LogP contribution in [0.1, 0.15) is 33.9 Å². The van der Waals surface area contributed by atoms with Gasteiger partial charge in [0.2, 0.25) is 0 Å². The summed E-state index contributed by atoms with van der Waals surface area (Å²) in [5, 5.41) is 12.1. The lowest BCUT2D eigenvalue weighted by Crippen LogP contribution is -2.48. The van der Waals surface area contributed by atoms with Gasteiger partial charge < -0.3 is 19.1 Å². The van der Waals surface area contributed by atoms with Crippen LogP contribution in [0.4, 0.5) is 0 Å². The van der Waals surface area contributed by atoms with Gasteiger partial charge in [-0.2, -0.15) is 5.09 Å². The second kappa shape index (κ2) is 11.3. The van der Waals surface area contributed by atoms with Crippen molar-refractivity contribution in [1.29, 1.82) is 0 Å².